The lowest BCUT2D eigenvalue weighted by Crippen LogP contribution is -2.22. The number of furan rings is 1. The maximum absolute atomic E-state index is 11.8. The topological polar surface area (TPSA) is 60.7 Å². The van der Waals surface area contributed by atoms with Gasteiger partial charge in [0.15, 0.2) is 22.5 Å². The van der Waals surface area contributed by atoms with Crippen molar-refractivity contribution in [2.24, 2.45) is 0 Å². The van der Waals surface area contributed by atoms with Crippen LogP contribution in [0.5, 0.6) is 11.5 Å². The highest BCUT2D eigenvalue weighted by Crippen LogP contribution is 2.30. The monoisotopic (exact) mass is 293 g/mol. The predicted molar refractivity (Wildman–Crippen MR) is 72.3 cm³/mol. The number of fused-ring (bicyclic) bond motifs is 1. The standard InChI is InChI=1S/C14H12ClNO4/c15-13-4-3-11(20-13)14(17)16-8-9-1-2-10-12(7-9)19-6-5-18-10/h1-4,7H,5-6,8H2,(H,16,17). The maximum Gasteiger partial charge on any atom is 0.287 e. The molecule has 1 aromatic carbocycles. The number of halogens is 1. The number of carbonyl (C=O) groups excluding carboxylic acids is 1. The van der Waals surface area contributed by atoms with E-state index in [-0.39, 0.29) is 16.9 Å². The number of benzene rings is 1. The fourth-order valence-corrected chi connectivity index (χ4v) is 2.05. The van der Waals surface area contributed by atoms with Crippen LogP contribution >= 0.6 is 11.6 Å². The molecule has 0 bridgehead atoms. The Morgan fingerprint density at radius 3 is 2.70 bits per heavy atom. The van der Waals surface area contributed by atoms with Crippen LogP contribution in [-0.4, -0.2) is 19.1 Å². The SMILES string of the molecule is O=C(NCc1ccc2c(c1)OCCO2)c1ccc(Cl)o1. The van der Waals surface area contributed by atoms with Gasteiger partial charge in [0.05, 0.1) is 0 Å². The molecule has 3 rings (SSSR count). The van der Waals surface area contributed by atoms with E-state index in [9.17, 15) is 4.79 Å². The van der Waals surface area contributed by atoms with Crippen molar-refractivity contribution >= 4 is 17.5 Å². The lowest BCUT2D eigenvalue weighted by molar-refractivity contribution is 0.0923. The van der Waals surface area contributed by atoms with Crippen molar-refractivity contribution < 1.29 is 18.7 Å². The van der Waals surface area contributed by atoms with Gasteiger partial charge in [-0.1, -0.05) is 6.07 Å². The van der Waals surface area contributed by atoms with Crippen LogP contribution in [0.25, 0.3) is 0 Å². The average molecular weight is 294 g/mol. The highest BCUT2D eigenvalue weighted by molar-refractivity contribution is 6.29. The summed E-state index contributed by atoms with van der Waals surface area (Å²) in [6.45, 7) is 1.46. The second kappa shape index (κ2) is 5.46. The molecule has 1 aliphatic heterocycles. The van der Waals surface area contributed by atoms with E-state index in [2.05, 4.69) is 5.32 Å². The van der Waals surface area contributed by atoms with Gasteiger partial charge < -0.3 is 19.2 Å². The fourth-order valence-electron chi connectivity index (χ4n) is 1.90. The Balaban J connectivity index is 1.65. The molecule has 0 saturated heterocycles. The van der Waals surface area contributed by atoms with Crippen LogP contribution < -0.4 is 14.8 Å². The maximum atomic E-state index is 11.8. The number of amides is 1. The molecule has 5 nitrogen and oxygen atoms in total. The van der Waals surface area contributed by atoms with Gasteiger partial charge in [0.2, 0.25) is 0 Å². The Labute approximate surface area is 120 Å². The van der Waals surface area contributed by atoms with Crippen LogP contribution in [0.1, 0.15) is 16.1 Å². The first kappa shape index (κ1) is 12.9. The zero-order valence-corrected chi connectivity index (χ0v) is 11.3. The van der Waals surface area contributed by atoms with Gasteiger partial charge in [-0.3, -0.25) is 4.79 Å². The minimum absolute atomic E-state index is 0.188. The molecule has 1 N–H and O–H groups in total. The molecule has 2 aromatic rings. The van der Waals surface area contributed by atoms with E-state index in [1.165, 1.54) is 12.1 Å². The van der Waals surface area contributed by atoms with Crippen molar-refractivity contribution in [2.45, 2.75) is 6.54 Å². The van der Waals surface area contributed by atoms with E-state index in [0.29, 0.717) is 25.5 Å². The molecular formula is C14H12ClNO4. The number of hydrogen-bond acceptors (Lipinski definition) is 4. The minimum atomic E-state index is -0.313. The summed E-state index contributed by atoms with van der Waals surface area (Å²) in [6.07, 6.45) is 0. The summed E-state index contributed by atoms with van der Waals surface area (Å²) in [6, 6.07) is 8.62. The third-order valence-corrected chi connectivity index (χ3v) is 3.06. The van der Waals surface area contributed by atoms with Crippen LogP contribution in [0, 0.1) is 0 Å². The van der Waals surface area contributed by atoms with E-state index in [1.807, 2.05) is 18.2 Å². The lowest BCUT2D eigenvalue weighted by Gasteiger charge is -2.18. The number of hydrogen-bond donors (Lipinski definition) is 1. The molecule has 0 atom stereocenters. The van der Waals surface area contributed by atoms with E-state index < -0.39 is 0 Å². The summed E-state index contributed by atoms with van der Waals surface area (Å²) in [5, 5.41) is 2.94. The molecule has 1 aromatic heterocycles. The first-order chi connectivity index (χ1) is 9.72. The van der Waals surface area contributed by atoms with Gasteiger partial charge in [-0.2, -0.15) is 0 Å². The van der Waals surface area contributed by atoms with Crippen LogP contribution in [0.15, 0.2) is 34.7 Å². The summed E-state index contributed by atoms with van der Waals surface area (Å²) >= 11 is 5.62. The second-order valence-electron chi connectivity index (χ2n) is 4.26. The van der Waals surface area contributed by atoms with E-state index in [4.69, 9.17) is 25.5 Å². The van der Waals surface area contributed by atoms with Crippen LogP contribution in [0.4, 0.5) is 0 Å². The minimum Gasteiger partial charge on any atom is -0.486 e. The fraction of sp³-hybridized carbons (Fsp3) is 0.214. The van der Waals surface area contributed by atoms with E-state index >= 15 is 0 Å². The summed E-state index contributed by atoms with van der Waals surface area (Å²) in [5.41, 5.74) is 0.917. The largest absolute Gasteiger partial charge is 0.486 e. The molecule has 0 saturated carbocycles. The first-order valence-electron chi connectivity index (χ1n) is 6.14. The molecule has 0 radical (unpaired) electrons. The normalized spacial score (nSPS) is 13.1. The number of nitrogens with one attached hydrogen (secondary N) is 1. The molecule has 1 aliphatic rings. The molecule has 0 unspecified atom stereocenters. The molecule has 2 heterocycles. The molecule has 20 heavy (non-hydrogen) atoms. The quantitative estimate of drug-likeness (QED) is 0.945. The molecule has 0 aliphatic carbocycles. The summed E-state index contributed by atoms with van der Waals surface area (Å²) < 4.78 is 16.0. The second-order valence-corrected chi connectivity index (χ2v) is 4.64. The molecule has 6 heteroatoms. The number of carbonyl (C=O) groups is 1. The molecular weight excluding hydrogens is 282 g/mol. The molecule has 104 valence electrons. The third-order valence-electron chi connectivity index (χ3n) is 2.86. The first-order valence-corrected chi connectivity index (χ1v) is 6.52. The van der Waals surface area contributed by atoms with Gasteiger partial charge >= 0.3 is 0 Å². The molecule has 0 spiro atoms. The van der Waals surface area contributed by atoms with Crippen molar-refractivity contribution in [2.75, 3.05) is 13.2 Å². The van der Waals surface area contributed by atoms with Crippen molar-refractivity contribution in [1.29, 1.82) is 0 Å². The van der Waals surface area contributed by atoms with E-state index in [1.54, 1.807) is 0 Å². The summed E-state index contributed by atoms with van der Waals surface area (Å²) in [5.74, 6) is 1.30. The van der Waals surface area contributed by atoms with Gasteiger partial charge in [0.1, 0.15) is 13.2 Å². The van der Waals surface area contributed by atoms with Crippen LogP contribution in [0.2, 0.25) is 5.22 Å². The Morgan fingerprint density at radius 2 is 1.95 bits per heavy atom. The summed E-state index contributed by atoms with van der Waals surface area (Å²) in [7, 11) is 0. The van der Waals surface area contributed by atoms with Crippen molar-refractivity contribution in [3.05, 3.63) is 46.9 Å². The third kappa shape index (κ3) is 2.72. The Kier molecular flexibility index (Phi) is 3.52. The predicted octanol–water partition coefficient (Wildman–Crippen LogP) is 2.63. The smallest absolute Gasteiger partial charge is 0.287 e. The highest BCUT2D eigenvalue weighted by atomic mass is 35.5. The van der Waals surface area contributed by atoms with Gasteiger partial charge in [-0.05, 0) is 41.4 Å². The van der Waals surface area contributed by atoms with Gasteiger partial charge in [0.25, 0.3) is 5.91 Å². The average Bonchev–Trinajstić information content (AvgIpc) is 2.91. The number of rotatable bonds is 3. The molecule has 0 fully saturated rings. The zero-order chi connectivity index (χ0) is 13.9. The van der Waals surface area contributed by atoms with Crippen LogP contribution in [0.3, 0.4) is 0 Å². The zero-order valence-electron chi connectivity index (χ0n) is 10.5. The van der Waals surface area contributed by atoms with Crippen molar-refractivity contribution in [3.8, 4) is 11.5 Å². The van der Waals surface area contributed by atoms with Gasteiger partial charge in [-0.25, -0.2) is 0 Å². The lowest BCUT2D eigenvalue weighted by atomic mass is 10.2. The molecule has 1 amide bonds. The Bertz CT molecular complexity index is 638. The van der Waals surface area contributed by atoms with E-state index in [0.717, 1.165) is 11.3 Å². The summed E-state index contributed by atoms with van der Waals surface area (Å²) in [4.78, 5) is 11.8. The van der Waals surface area contributed by atoms with Gasteiger partial charge in [0, 0.05) is 6.54 Å². The van der Waals surface area contributed by atoms with Crippen molar-refractivity contribution in [3.63, 3.8) is 0 Å². The Morgan fingerprint density at radius 1 is 1.15 bits per heavy atom. The highest BCUT2D eigenvalue weighted by Gasteiger charge is 2.13. The number of ether oxygens (including phenoxy) is 2. The van der Waals surface area contributed by atoms with Crippen molar-refractivity contribution in [1.82, 2.24) is 5.32 Å². The Hall–Kier alpha value is -2.14. The van der Waals surface area contributed by atoms with Gasteiger partial charge in [-0.15, -0.1) is 0 Å². The van der Waals surface area contributed by atoms with Crippen LogP contribution in [-0.2, 0) is 6.54 Å².